The van der Waals surface area contributed by atoms with Gasteiger partial charge in [-0.15, -0.1) is 0 Å². The SMILES string of the molecule is CNc1ncc(C)c(OCCC2CC2)n1. The van der Waals surface area contributed by atoms with Gasteiger partial charge in [0.25, 0.3) is 0 Å². The van der Waals surface area contributed by atoms with Crippen LogP contribution in [0.2, 0.25) is 0 Å². The molecule has 0 aromatic carbocycles. The number of nitrogens with zero attached hydrogens (tertiary/aromatic N) is 2. The maximum absolute atomic E-state index is 5.64. The van der Waals surface area contributed by atoms with Crippen LogP contribution in [-0.2, 0) is 0 Å². The number of anilines is 1. The first-order chi connectivity index (χ1) is 7.29. The van der Waals surface area contributed by atoms with Gasteiger partial charge in [0.05, 0.1) is 6.61 Å². The van der Waals surface area contributed by atoms with Gasteiger partial charge in [0.15, 0.2) is 0 Å². The molecule has 0 aliphatic heterocycles. The molecule has 0 spiro atoms. The van der Waals surface area contributed by atoms with Gasteiger partial charge >= 0.3 is 0 Å². The second-order valence-electron chi connectivity index (χ2n) is 4.01. The van der Waals surface area contributed by atoms with E-state index in [1.807, 2.05) is 6.92 Å². The minimum absolute atomic E-state index is 0.613. The summed E-state index contributed by atoms with van der Waals surface area (Å²) >= 11 is 0. The smallest absolute Gasteiger partial charge is 0.225 e. The first-order valence-corrected chi connectivity index (χ1v) is 5.44. The Morgan fingerprint density at radius 2 is 2.33 bits per heavy atom. The third kappa shape index (κ3) is 2.81. The number of rotatable bonds is 5. The number of aromatic nitrogens is 2. The van der Waals surface area contributed by atoms with Gasteiger partial charge in [0.1, 0.15) is 0 Å². The van der Waals surface area contributed by atoms with Crippen molar-refractivity contribution in [3.05, 3.63) is 11.8 Å². The first kappa shape index (κ1) is 10.2. The van der Waals surface area contributed by atoms with Crippen LogP contribution in [0.5, 0.6) is 5.88 Å². The lowest BCUT2D eigenvalue weighted by molar-refractivity contribution is 0.289. The number of aryl methyl sites for hydroxylation is 1. The van der Waals surface area contributed by atoms with Crippen molar-refractivity contribution in [2.75, 3.05) is 19.0 Å². The summed E-state index contributed by atoms with van der Waals surface area (Å²) in [5.41, 5.74) is 0.991. The topological polar surface area (TPSA) is 47.0 Å². The molecule has 2 rings (SSSR count). The molecular weight excluding hydrogens is 190 g/mol. The second kappa shape index (κ2) is 4.47. The lowest BCUT2D eigenvalue weighted by atomic mass is 10.3. The van der Waals surface area contributed by atoms with Crippen molar-refractivity contribution in [2.24, 2.45) is 5.92 Å². The van der Waals surface area contributed by atoms with E-state index in [-0.39, 0.29) is 0 Å². The van der Waals surface area contributed by atoms with Gasteiger partial charge < -0.3 is 10.1 Å². The molecule has 1 aliphatic rings. The molecule has 0 amide bonds. The molecule has 1 fully saturated rings. The number of ether oxygens (including phenoxy) is 1. The Bertz CT molecular complexity index is 337. The molecular formula is C11H17N3O. The molecule has 1 aromatic rings. The maximum Gasteiger partial charge on any atom is 0.225 e. The number of hydrogen-bond donors (Lipinski definition) is 1. The first-order valence-electron chi connectivity index (χ1n) is 5.44. The third-order valence-electron chi connectivity index (χ3n) is 2.61. The zero-order chi connectivity index (χ0) is 10.7. The fraction of sp³-hybridized carbons (Fsp3) is 0.636. The Labute approximate surface area is 90.1 Å². The van der Waals surface area contributed by atoms with Gasteiger partial charge in [-0.05, 0) is 19.3 Å². The van der Waals surface area contributed by atoms with Gasteiger partial charge in [-0.1, -0.05) is 12.8 Å². The molecule has 1 aromatic heterocycles. The van der Waals surface area contributed by atoms with Gasteiger partial charge in [-0.2, -0.15) is 4.98 Å². The van der Waals surface area contributed by atoms with Crippen LogP contribution in [0.25, 0.3) is 0 Å². The lowest BCUT2D eigenvalue weighted by Gasteiger charge is -2.08. The molecule has 1 saturated carbocycles. The zero-order valence-electron chi connectivity index (χ0n) is 9.29. The van der Waals surface area contributed by atoms with E-state index in [0.29, 0.717) is 11.8 Å². The van der Waals surface area contributed by atoms with Gasteiger partial charge in [-0.3, -0.25) is 0 Å². The minimum atomic E-state index is 0.613. The average Bonchev–Trinajstić information content (AvgIpc) is 3.05. The lowest BCUT2D eigenvalue weighted by Crippen LogP contribution is -2.04. The fourth-order valence-electron chi connectivity index (χ4n) is 1.42. The largest absolute Gasteiger partial charge is 0.477 e. The molecule has 0 bridgehead atoms. The van der Waals surface area contributed by atoms with E-state index in [4.69, 9.17) is 4.74 Å². The molecule has 0 saturated heterocycles. The highest BCUT2D eigenvalue weighted by molar-refractivity contribution is 5.31. The summed E-state index contributed by atoms with van der Waals surface area (Å²) in [7, 11) is 1.80. The van der Waals surface area contributed by atoms with Gasteiger partial charge in [0, 0.05) is 18.8 Å². The molecule has 0 atom stereocenters. The highest BCUT2D eigenvalue weighted by atomic mass is 16.5. The van der Waals surface area contributed by atoms with E-state index >= 15 is 0 Å². The number of hydrogen-bond acceptors (Lipinski definition) is 4. The van der Waals surface area contributed by atoms with Crippen LogP contribution >= 0.6 is 0 Å². The van der Waals surface area contributed by atoms with Crippen LogP contribution in [0.1, 0.15) is 24.8 Å². The normalized spacial score (nSPS) is 15.1. The zero-order valence-corrected chi connectivity index (χ0v) is 9.29. The summed E-state index contributed by atoms with van der Waals surface area (Å²) in [6.07, 6.45) is 5.67. The monoisotopic (exact) mass is 207 g/mol. The fourth-order valence-corrected chi connectivity index (χ4v) is 1.42. The van der Waals surface area contributed by atoms with E-state index in [0.717, 1.165) is 24.5 Å². The summed E-state index contributed by atoms with van der Waals surface area (Å²) in [5.74, 6) is 2.22. The molecule has 82 valence electrons. The van der Waals surface area contributed by atoms with Crippen molar-refractivity contribution < 1.29 is 4.74 Å². The van der Waals surface area contributed by atoms with Gasteiger partial charge in [-0.25, -0.2) is 4.98 Å². The Morgan fingerprint density at radius 1 is 1.53 bits per heavy atom. The maximum atomic E-state index is 5.64. The highest BCUT2D eigenvalue weighted by Crippen LogP contribution is 2.32. The van der Waals surface area contributed by atoms with Crippen molar-refractivity contribution >= 4 is 5.95 Å². The van der Waals surface area contributed by atoms with E-state index in [9.17, 15) is 0 Å². The molecule has 4 nitrogen and oxygen atoms in total. The predicted molar refractivity (Wildman–Crippen MR) is 59.2 cm³/mol. The average molecular weight is 207 g/mol. The van der Waals surface area contributed by atoms with E-state index < -0.39 is 0 Å². The number of nitrogens with one attached hydrogen (secondary N) is 1. The molecule has 15 heavy (non-hydrogen) atoms. The van der Waals surface area contributed by atoms with Crippen LogP contribution in [0, 0.1) is 12.8 Å². The standard InChI is InChI=1S/C11H17N3O/c1-8-7-13-11(12-2)14-10(8)15-6-5-9-3-4-9/h7,9H,3-6H2,1-2H3,(H,12,13,14). The summed E-state index contributed by atoms with van der Waals surface area (Å²) in [6, 6.07) is 0. The Balaban J connectivity index is 1.92. The Morgan fingerprint density at radius 3 is 3.00 bits per heavy atom. The van der Waals surface area contributed by atoms with Crippen molar-refractivity contribution in [3.8, 4) is 5.88 Å². The summed E-state index contributed by atoms with van der Waals surface area (Å²) < 4.78 is 5.64. The molecule has 1 aliphatic carbocycles. The van der Waals surface area contributed by atoms with Crippen molar-refractivity contribution in [2.45, 2.75) is 26.2 Å². The molecule has 4 heteroatoms. The van der Waals surface area contributed by atoms with Crippen molar-refractivity contribution in [3.63, 3.8) is 0 Å². The van der Waals surface area contributed by atoms with Crippen molar-refractivity contribution in [1.82, 2.24) is 9.97 Å². The second-order valence-corrected chi connectivity index (χ2v) is 4.01. The van der Waals surface area contributed by atoms with Crippen LogP contribution in [0.15, 0.2) is 6.20 Å². The van der Waals surface area contributed by atoms with E-state index in [1.54, 1.807) is 13.2 Å². The molecule has 1 heterocycles. The van der Waals surface area contributed by atoms with E-state index in [2.05, 4.69) is 15.3 Å². The summed E-state index contributed by atoms with van der Waals surface area (Å²) in [5, 5.41) is 2.90. The molecule has 0 unspecified atom stereocenters. The quantitative estimate of drug-likeness (QED) is 0.802. The highest BCUT2D eigenvalue weighted by Gasteiger charge is 2.20. The predicted octanol–water partition coefficient (Wildman–Crippen LogP) is 2.01. The van der Waals surface area contributed by atoms with E-state index in [1.165, 1.54) is 12.8 Å². The van der Waals surface area contributed by atoms with Crippen LogP contribution in [-0.4, -0.2) is 23.6 Å². The van der Waals surface area contributed by atoms with Crippen LogP contribution in [0.3, 0.4) is 0 Å². The minimum Gasteiger partial charge on any atom is -0.477 e. The third-order valence-corrected chi connectivity index (χ3v) is 2.61. The molecule has 1 N–H and O–H groups in total. The Hall–Kier alpha value is -1.32. The van der Waals surface area contributed by atoms with Crippen LogP contribution in [0.4, 0.5) is 5.95 Å². The summed E-state index contributed by atoms with van der Waals surface area (Å²) in [6.45, 7) is 2.73. The van der Waals surface area contributed by atoms with Crippen LogP contribution < -0.4 is 10.1 Å². The molecule has 0 radical (unpaired) electrons. The summed E-state index contributed by atoms with van der Waals surface area (Å²) in [4.78, 5) is 8.37. The van der Waals surface area contributed by atoms with Crippen molar-refractivity contribution in [1.29, 1.82) is 0 Å². The van der Waals surface area contributed by atoms with Gasteiger partial charge in [0.2, 0.25) is 11.8 Å². The Kier molecular flexibility index (Phi) is 3.04.